The lowest BCUT2D eigenvalue weighted by molar-refractivity contribution is 1.06. The minimum Gasteiger partial charge on any atom is -0.309 e. The Labute approximate surface area is 393 Å². The second-order valence-corrected chi connectivity index (χ2v) is 17.2. The van der Waals surface area contributed by atoms with Gasteiger partial charge < -0.3 is 9.13 Å². The summed E-state index contributed by atoms with van der Waals surface area (Å²) in [7, 11) is 0. The molecule has 0 fully saturated rings. The van der Waals surface area contributed by atoms with Crippen molar-refractivity contribution < 1.29 is 0 Å². The molecule has 0 unspecified atom stereocenters. The highest BCUT2D eigenvalue weighted by molar-refractivity contribution is 6.12. The highest BCUT2D eigenvalue weighted by Crippen LogP contribution is 2.42. The lowest BCUT2D eigenvalue weighted by Gasteiger charge is -2.17. The Kier molecular flexibility index (Phi) is 9.43. The largest absolute Gasteiger partial charge is 0.309 e. The van der Waals surface area contributed by atoms with Crippen LogP contribution in [-0.2, 0) is 0 Å². The summed E-state index contributed by atoms with van der Waals surface area (Å²) in [5.74, 6) is 1.81. The number of nitrogens with zero attached hydrogens (tertiary/aromatic N) is 5. The van der Waals surface area contributed by atoms with E-state index < -0.39 is 0 Å². The number of hydrogen-bond donors (Lipinski definition) is 0. The maximum absolute atomic E-state index is 5.39. The summed E-state index contributed by atoms with van der Waals surface area (Å²) in [6, 6.07) is 88.4. The number of aromatic nitrogens is 5. The minimum atomic E-state index is 0.586. The smallest absolute Gasteiger partial charge is 0.166 e. The first-order valence-electron chi connectivity index (χ1n) is 23.0. The first kappa shape index (κ1) is 39.2. The fourth-order valence-electron chi connectivity index (χ4n) is 9.92. The molecule has 0 saturated carbocycles. The molecule has 10 aromatic carbocycles. The fourth-order valence-corrected chi connectivity index (χ4v) is 9.92. The van der Waals surface area contributed by atoms with Crippen molar-refractivity contribution in [3.8, 4) is 78.9 Å². The van der Waals surface area contributed by atoms with Crippen LogP contribution in [-0.4, -0.2) is 24.1 Å². The molecule has 3 heterocycles. The molecule has 5 heteroatoms. The molecule has 13 rings (SSSR count). The molecule has 0 bridgehead atoms. The zero-order chi connectivity index (χ0) is 45.0. The third kappa shape index (κ3) is 6.76. The van der Waals surface area contributed by atoms with E-state index in [-0.39, 0.29) is 0 Å². The standard InChI is InChI=1S/C63H41N5/c1-6-18-42(19-7-1)47-30-34-53-54-35-31-48(43-20-8-2-9-21-43)40-60(54)68(59(53)39-47)57-37-33-46(49-32-36-52-51-28-16-17-29-56(51)67(58(52)41-49)50-26-14-5-15-27-50)38-55(57)63-65-61(44-22-10-3-11-23-44)64-62(66-63)45-24-12-4-13-25-45/h1-41H. The number of hydrogen-bond acceptors (Lipinski definition) is 3. The molecule has 68 heavy (non-hydrogen) atoms. The van der Waals surface area contributed by atoms with E-state index in [4.69, 9.17) is 15.0 Å². The van der Waals surface area contributed by atoms with Gasteiger partial charge in [-0.25, -0.2) is 15.0 Å². The van der Waals surface area contributed by atoms with Crippen LogP contribution in [0.4, 0.5) is 0 Å². The van der Waals surface area contributed by atoms with E-state index in [0.717, 1.165) is 78.0 Å². The Morgan fingerprint density at radius 2 is 0.603 bits per heavy atom. The van der Waals surface area contributed by atoms with E-state index in [9.17, 15) is 0 Å². The summed E-state index contributed by atoms with van der Waals surface area (Å²) >= 11 is 0. The molecule has 0 radical (unpaired) electrons. The van der Waals surface area contributed by atoms with Crippen LogP contribution in [0.1, 0.15) is 0 Å². The van der Waals surface area contributed by atoms with Crippen molar-refractivity contribution in [3.63, 3.8) is 0 Å². The molecule has 0 aliphatic carbocycles. The molecule has 13 aromatic rings. The van der Waals surface area contributed by atoms with Crippen molar-refractivity contribution in [1.29, 1.82) is 0 Å². The number of rotatable bonds is 8. The maximum atomic E-state index is 5.39. The topological polar surface area (TPSA) is 48.5 Å². The van der Waals surface area contributed by atoms with Crippen molar-refractivity contribution >= 4 is 43.6 Å². The van der Waals surface area contributed by atoms with Crippen LogP contribution in [0.15, 0.2) is 249 Å². The van der Waals surface area contributed by atoms with Crippen molar-refractivity contribution in [3.05, 3.63) is 249 Å². The Balaban J connectivity index is 1.12. The number of fused-ring (bicyclic) bond motifs is 6. The summed E-state index contributed by atoms with van der Waals surface area (Å²) in [6.45, 7) is 0. The van der Waals surface area contributed by atoms with Gasteiger partial charge in [0.1, 0.15) is 0 Å². The van der Waals surface area contributed by atoms with Gasteiger partial charge in [-0.2, -0.15) is 0 Å². The Hall–Kier alpha value is -9.19. The average Bonchev–Trinajstić information content (AvgIpc) is 3.93. The molecule has 0 amide bonds. The second-order valence-electron chi connectivity index (χ2n) is 17.2. The molecular weight excluding hydrogens is 827 g/mol. The molecule has 318 valence electrons. The van der Waals surface area contributed by atoms with Crippen molar-refractivity contribution in [1.82, 2.24) is 24.1 Å². The molecule has 0 aliphatic heterocycles. The first-order chi connectivity index (χ1) is 33.7. The Bertz CT molecular complexity index is 3840. The van der Waals surface area contributed by atoms with Gasteiger partial charge in [-0.3, -0.25) is 0 Å². The van der Waals surface area contributed by atoms with Crippen LogP contribution < -0.4 is 0 Å². The zero-order valence-corrected chi connectivity index (χ0v) is 36.9. The molecule has 5 nitrogen and oxygen atoms in total. The predicted octanol–water partition coefficient (Wildman–Crippen LogP) is 16.1. The van der Waals surface area contributed by atoms with Gasteiger partial charge in [0.15, 0.2) is 17.5 Å². The third-order valence-electron chi connectivity index (χ3n) is 13.2. The fraction of sp³-hybridized carbons (Fsp3) is 0. The van der Waals surface area contributed by atoms with Gasteiger partial charge in [0.25, 0.3) is 0 Å². The van der Waals surface area contributed by atoms with E-state index in [1.807, 2.05) is 36.4 Å². The lowest BCUT2D eigenvalue weighted by atomic mass is 9.99. The molecule has 0 atom stereocenters. The lowest BCUT2D eigenvalue weighted by Crippen LogP contribution is -2.04. The van der Waals surface area contributed by atoms with Gasteiger partial charge in [0.05, 0.1) is 27.8 Å². The normalized spacial score (nSPS) is 11.5. The van der Waals surface area contributed by atoms with Gasteiger partial charge >= 0.3 is 0 Å². The molecule has 0 aliphatic rings. The van der Waals surface area contributed by atoms with E-state index in [1.165, 1.54) is 27.1 Å². The van der Waals surface area contributed by atoms with Crippen molar-refractivity contribution in [2.24, 2.45) is 0 Å². The monoisotopic (exact) mass is 867 g/mol. The zero-order valence-electron chi connectivity index (χ0n) is 36.9. The van der Waals surface area contributed by atoms with E-state index in [2.05, 4.69) is 221 Å². The van der Waals surface area contributed by atoms with Gasteiger partial charge in [-0.1, -0.05) is 200 Å². The molecule has 0 saturated heterocycles. The van der Waals surface area contributed by atoms with Crippen LogP contribution in [0.5, 0.6) is 0 Å². The van der Waals surface area contributed by atoms with Crippen LogP contribution in [0.3, 0.4) is 0 Å². The maximum Gasteiger partial charge on any atom is 0.166 e. The van der Waals surface area contributed by atoms with E-state index in [1.54, 1.807) is 0 Å². The molecule has 3 aromatic heterocycles. The number of benzene rings is 10. The van der Waals surface area contributed by atoms with Crippen LogP contribution >= 0.6 is 0 Å². The molecule has 0 spiro atoms. The third-order valence-corrected chi connectivity index (χ3v) is 13.2. The minimum absolute atomic E-state index is 0.586. The van der Waals surface area contributed by atoms with E-state index >= 15 is 0 Å². The summed E-state index contributed by atoms with van der Waals surface area (Å²) in [4.78, 5) is 15.9. The molecule has 0 N–H and O–H groups in total. The van der Waals surface area contributed by atoms with Crippen LogP contribution in [0, 0.1) is 0 Å². The average molecular weight is 868 g/mol. The quantitative estimate of drug-likeness (QED) is 0.153. The van der Waals surface area contributed by atoms with Gasteiger partial charge in [-0.15, -0.1) is 0 Å². The Morgan fingerprint density at radius 1 is 0.235 bits per heavy atom. The van der Waals surface area contributed by atoms with E-state index in [0.29, 0.717) is 17.5 Å². The second kappa shape index (κ2) is 16.4. The summed E-state index contributed by atoms with van der Waals surface area (Å²) in [5, 5.41) is 4.76. The summed E-state index contributed by atoms with van der Waals surface area (Å²) in [6.07, 6.45) is 0. The molecular formula is C63H41N5. The van der Waals surface area contributed by atoms with Crippen molar-refractivity contribution in [2.45, 2.75) is 0 Å². The van der Waals surface area contributed by atoms with Crippen molar-refractivity contribution in [2.75, 3.05) is 0 Å². The predicted molar refractivity (Wildman–Crippen MR) is 281 cm³/mol. The van der Waals surface area contributed by atoms with Gasteiger partial charge in [0, 0.05) is 43.9 Å². The highest BCUT2D eigenvalue weighted by atomic mass is 15.1. The van der Waals surface area contributed by atoms with Gasteiger partial charge in [0.2, 0.25) is 0 Å². The van der Waals surface area contributed by atoms with Crippen LogP contribution in [0.25, 0.3) is 123 Å². The first-order valence-corrected chi connectivity index (χ1v) is 23.0. The highest BCUT2D eigenvalue weighted by Gasteiger charge is 2.22. The summed E-state index contributed by atoms with van der Waals surface area (Å²) < 4.78 is 4.80. The summed E-state index contributed by atoms with van der Waals surface area (Å²) in [5.41, 5.74) is 16.1. The van der Waals surface area contributed by atoms with Crippen LogP contribution in [0.2, 0.25) is 0 Å². The number of para-hydroxylation sites is 2. The Morgan fingerprint density at radius 3 is 1.12 bits per heavy atom. The van der Waals surface area contributed by atoms with Gasteiger partial charge in [-0.05, 0) is 81.9 Å². The SMILES string of the molecule is c1ccc(-c2ccc3c4ccc(-c5ccccc5)cc4n(-c4ccc(-c5ccc6c7ccccc7n(-c7ccccc7)c6c5)cc4-c4nc(-c5ccccc5)nc(-c5ccccc5)n4)c3c2)cc1.